The normalized spacial score (nSPS) is 11.4. The molecule has 118 valence electrons. The number of hydrogen-bond acceptors (Lipinski definition) is 4. The second-order valence-electron chi connectivity index (χ2n) is 5.73. The summed E-state index contributed by atoms with van der Waals surface area (Å²) >= 11 is 0. The van der Waals surface area contributed by atoms with Gasteiger partial charge in [-0.15, -0.1) is 0 Å². The number of nitrogens with two attached hydrogens (primary N) is 1. The Labute approximate surface area is 126 Å². The molecule has 0 spiro atoms. The number of para-hydroxylation sites is 1. The number of carbonyl (C=O) groups is 1. The Morgan fingerprint density at radius 3 is 2.57 bits per heavy atom. The molecular weight excluding hydrogens is 268 g/mol. The Hall–Kier alpha value is -1.43. The molecule has 1 aromatic rings. The number of carbonyl (C=O) groups excluding carboxylic acids is 1. The standard InChI is InChI=1S/C16H26N2O3/c1-16(2,3)21-11-10-20-9-8-15(19)18-14-7-5-4-6-13(14)12-17/h4-7H,8-12,17H2,1-3H3,(H,18,19). The van der Waals surface area contributed by atoms with Crippen molar-refractivity contribution in [1.82, 2.24) is 0 Å². The Balaban J connectivity index is 2.20. The molecule has 0 atom stereocenters. The van der Waals surface area contributed by atoms with Gasteiger partial charge in [0.1, 0.15) is 0 Å². The zero-order valence-corrected chi connectivity index (χ0v) is 13.1. The molecule has 0 aliphatic heterocycles. The summed E-state index contributed by atoms with van der Waals surface area (Å²) in [6, 6.07) is 7.51. The number of hydrogen-bond donors (Lipinski definition) is 2. The summed E-state index contributed by atoms with van der Waals surface area (Å²) in [7, 11) is 0. The first-order valence-electron chi connectivity index (χ1n) is 7.22. The summed E-state index contributed by atoms with van der Waals surface area (Å²) in [5, 5.41) is 2.85. The largest absolute Gasteiger partial charge is 0.379 e. The molecule has 0 radical (unpaired) electrons. The molecule has 1 rings (SSSR count). The first-order valence-corrected chi connectivity index (χ1v) is 7.22. The van der Waals surface area contributed by atoms with Gasteiger partial charge in [-0.2, -0.15) is 0 Å². The van der Waals surface area contributed by atoms with E-state index >= 15 is 0 Å². The lowest BCUT2D eigenvalue weighted by Gasteiger charge is -2.19. The molecule has 0 fully saturated rings. The maximum atomic E-state index is 11.8. The summed E-state index contributed by atoms with van der Waals surface area (Å²) in [6.07, 6.45) is 0.314. The summed E-state index contributed by atoms with van der Waals surface area (Å²) in [6.45, 7) is 7.78. The van der Waals surface area contributed by atoms with Crippen LogP contribution in [-0.4, -0.2) is 31.3 Å². The minimum absolute atomic E-state index is 0.0763. The predicted molar refractivity (Wildman–Crippen MR) is 84.1 cm³/mol. The van der Waals surface area contributed by atoms with Crippen molar-refractivity contribution < 1.29 is 14.3 Å². The molecule has 0 bridgehead atoms. The molecule has 0 aromatic heterocycles. The molecule has 5 heteroatoms. The van der Waals surface area contributed by atoms with Gasteiger partial charge in [0.25, 0.3) is 0 Å². The number of ether oxygens (including phenoxy) is 2. The molecule has 0 aliphatic carbocycles. The highest BCUT2D eigenvalue weighted by Crippen LogP contribution is 2.14. The van der Waals surface area contributed by atoms with Crippen molar-refractivity contribution in [3.63, 3.8) is 0 Å². The minimum atomic E-state index is -0.160. The molecule has 0 aliphatic rings. The average molecular weight is 294 g/mol. The van der Waals surface area contributed by atoms with Gasteiger partial charge < -0.3 is 20.5 Å². The van der Waals surface area contributed by atoms with E-state index in [2.05, 4.69) is 5.32 Å². The van der Waals surface area contributed by atoms with Crippen molar-refractivity contribution in [2.24, 2.45) is 5.73 Å². The molecule has 1 aromatic carbocycles. The van der Waals surface area contributed by atoms with Crippen LogP contribution >= 0.6 is 0 Å². The smallest absolute Gasteiger partial charge is 0.226 e. The van der Waals surface area contributed by atoms with Gasteiger partial charge in [-0.05, 0) is 32.4 Å². The van der Waals surface area contributed by atoms with Gasteiger partial charge in [-0.25, -0.2) is 0 Å². The van der Waals surface area contributed by atoms with Crippen LogP contribution in [0, 0.1) is 0 Å². The minimum Gasteiger partial charge on any atom is -0.379 e. The zero-order chi connectivity index (χ0) is 15.7. The van der Waals surface area contributed by atoms with Gasteiger partial charge in [0, 0.05) is 12.2 Å². The van der Waals surface area contributed by atoms with Crippen LogP contribution in [0.2, 0.25) is 0 Å². The van der Waals surface area contributed by atoms with E-state index in [9.17, 15) is 4.79 Å². The van der Waals surface area contributed by atoms with Gasteiger partial charge in [0.15, 0.2) is 0 Å². The van der Waals surface area contributed by atoms with Gasteiger partial charge in [-0.1, -0.05) is 18.2 Å². The molecule has 0 heterocycles. The summed E-state index contributed by atoms with van der Waals surface area (Å²) in [4.78, 5) is 11.8. The summed E-state index contributed by atoms with van der Waals surface area (Å²) < 4.78 is 10.9. The molecule has 0 saturated carbocycles. The SMILES string of the molecule is CC(C)(C)OCCOCCC(=O)Nc1ccccc1CN. The van der Waals surface area contributed by atoms with Gasteiger partial charge in [0.05, 0.1) is 31.8 Å². The van der Waals surface area contributed by atoms with Crippen LogP contribution in [-0.2, 0) is 20.8 Å². The lowest BCUT2D eigenvalue weighted by atomic mass is 10.2. The average Bonchev–Trinajstić information content (AvgIpc) is 2.42. The maximum Gasteiger partial charge on any atom is 0.226 e. The summed E-state index contributed by atoms with van der Waals surface area (Å²) in [5.74, 6) is -0.0763. The summed E-state index contributed by atoms with van der Waals surface area (Å²) in [5.41, 5.74) is 7.15. The highest BCUT2D eigenvalue weighted by atomic mass is 16.5. The Morgan fingerprint density at radius 1 is 1.19 bits per heavy atom. The third-order valence-corrected chi connectivity index (χ3v) is 2.75. The fourth-order valence-corrected chi connectivity index (χ4v) is 1.71. The third-order valence-electron chi connectivity index (χ3n) is 2.75. The fourth-order valence-electron chi connectivity index (χ4n) is 1.71. The molecule has 0 saturated heterocycles. The third kappa shape index (κ3) is 7.80. The van der Waals surface area contributed by atoms with Crippen molar-refractivity contribution >= 4 is 11.6 Å². The molecule has 1 amide bonds. The number of rotatable bonds is 8. The van der Waals surface area contributed by atoms with Crippen LogP contribution in [0.25, 0.3) is 0 Å². The van der Waals surface area contributed by atoms with E-state index in [4.69, 9.17) is 15.2 Å². The van der Waals surface area contributed by atoms with Crippen LogP contribution in [0.15, 0.2) is 24.3 Å². The van der Waals surface area contributed by atoms with Crippen LogP contribution in [0.1, 0.15) is 32.8 Å². The fraction of sp³-hybridized carbons (Fsp3) is 0.562. The Kier molecular flexibility index (Phi) is 7.36. The predicted octanol–water partition coefficient (Wildman–Crippen LogP) is 2.31. The first-order chi connectivity index (χ1) is 9.92. The second kappa shape index (κ2) is 8.77. The molecule has 21 heavy (non-hydrogen) atoms. The lowest BCUT2D eigenvalue weighted by Crippen LogP contribution is -2.22. The molecule has 5 nitrogen and oxygen atoms in total. The molecular formula is C16H26N2O3. The van der Waals surface area contributed by atoms with Gasteiger partial charge in [0.2, 0.25) is 5.91 Å². The molecule has 3 N–H and O–H groups in total. The maximum absolute atomic E-state index is 11.8. The second-order valence-corrected chi connectivity index (χ2v) is 5.73. The van der Waals surface area contributed by atoms with Crippen molar-refractivity contribution in [2.45, 2.75) is 39.3 Å². The zero-order valence-electron chi connectivity index (χ0n) is 13.1. The van der Waals surface area contributed by atoms with E-state index in [1.54, 1.807) is 0 Å². The van der Waals surface area contributed by atoms with Gasteiger partial charge in [-0.3, -0.25) is 4.79 Å². The molecule has 0 unspecified atom stereocenters. The van der Waals surface area contributed by atoms with E-state index in [-0.39, 0.29) is 11.5 Å². The van der Waals surface area contributed by atoms with Crippen LogP contribution in [0.5, 0.6) is 0 Å². The highest BCUT2D eigenvalue weighted by molar-refractivity contribution is 5.91. The van der Waals surface area contributed by atoms with Crippen molar-refractivity contribution in [2.75, 3.05) is 25.1 Å². The van der Waals surface area contributed by atoms with Gasteiger partial charge >= 0.3 is 0 Å². The quantitative estimate of drug-likeness (QED) is 0.722. The highest BCUT2D eigenvalue weighted by Gasteiger charge is 2.09. The number of nitrogens with one attached hydrogen (secondary N) is 1. The van der Waals surface area contributed by atoms with Crippen molar-refractivity contribution in [3.05, 3.63) is 29.8 Å². The number of benzene rings is 1. The van der Waals surface area contributed by atoms with E-state index in [1.807, 2.05) is 45.0 Å². The van der Waals surface area contributed by atoms with Crippen LogP contribution in [0.3, 0.4) is 0 Å². The van der Waals surface area contributed by atoms with E-state index in [0.29, 0.717) is 32.8 Å². The lowest BCUT2D eigenvalue weighted by molar-refractivity contribution is -0.117. The van der Waals surface area contributed by atoms with Crippen molar-refractivity contribution in [3.8, 4) is 0 Å². The Bertz CT molecular complexity index is 441. The van der Waals surface area contributed by atoms with Crippen LogP contribution < -0.4 is 11.1 Å². The topological polar surface area (TPSA) is 73.6 Å². The number of anilines is 1. The Morgan fingerprint density at radius 2 is 1.90 bits per heavy atom. The van der Waals surface area contributed by atoms with E-state index < -0.39 is 0 Å². The monoisotopic (exact) mass is 294 g/mol. The van der Waals surface area contributed by atoms with E-state index in [0.717, 1.165) is 11.3 Å². The van der Waals surface area contributed by atoms with Crippen molar-refractivity contribution in [1.29, 1.82) is 0 Å². The van der Waals surface area contributed by atoms with Crippen LogP contribution in [0.4, 0.5) is 5.69 Å². The first kappa shape index (κ1) is 17.6. The number of amides is 1. The van der Waals surface area contributed by atoms with E-state index in [1.165, 1.54) is 0 Å².